The van der Waals surface area contributed by atoms with Crippen LogP contribution >= 0.6 is 0 Å². The Morgan fingerprint density at radius 3 is 2.71 bits per heavy atom. The van der Waals surface area contributed by atoms with Gasteiger partial charge in [0, 0.05) is 12.6 Å². The van der Waals surface area contributed by atoms with E-state index in [4.69, 9.17) is 4.74 Å². The van der Waals surface area contributed by atoms with Gasteiger partial charge in [0.15, 0.2) is 0 Å². The normalized spacial score (nSPS) is 19.0. The van der Waals surface area contributed by atoms with Crippen molar-refractivity contribution in [3.05, 3.63) is 71.3 Å². The van der Waals surface area contributed by atoms with Crippen molar-refractivity contribution in [2.75, 3.05) is 6.61 Å². The molecule has 3 rings (SSSR count). The largest absolute Gasteiger partial charge is 0.373 e. The molecule has 21 heavy (non-hydrogen) atoms. The van der Waals surface area contributed by atoms with Crippen molar-refractivity contribution in [2.24, 2.45) is 0 Å². The van der Waals surface area contributed by atoms with Gasteiger partial charge >= 0.3 is 0 Å². The van der Waals surface area contributed by atoms with Crippen LogP contribution in [0.3, 0.4) is 0 Å². The van der Waals surface area contributed by atoms with Crippen LogP contribution in [0.25, 0.3) is 0 Å². The summed E-state index contributed by atoms with van der Waals surface area (Å²) in [5.74, 6) is 0. The zero-order valence-corrected chi connectivity index (χ0v) is 12.6. The molecule has 2 heteroatoms. The van der Waals surface area contributed by atoms with E-state index in [1.165, 1.54) is 16.7 Å². The third-order valence-electron chi connectivity index (χ3n) is 4.16. The molecule has 0 aromatic heterocycles. The van der Waals surface area contributed by atoms with Gasteiger partial charge in [0.05, 0.1) is 12.7 Å². The summed E-state index contributed by atoms with van der Waals surface area (Å²) in [5.41, 5.74) is 4.15. The molecular formula is C19H23NO. The molecule has 0 spiro atoms. The van der Waals surface area contributed by atoms with Crippen molar-refractivity contribution < 1.29 is 4.74 Å². The highest BCUT2D eigenvalue weighted by Crippen LogP contribution is 2.30. The Labute approximate surface area is 127 Å². The third kappa shape index (κ3) is 3.72. The van der Waals surface area contributed by atoms with Crippen molar-refractivity contribution in [1.82, 2.24) is 5.32 Å². The maximum atomic E-state index is 5.99. The maximum Gasteiger partial charge on any atom is 0.0842 e. The summed E-state index contributed by atoms with van der Waals surface area (Å²) in [6, 6.07) is 19.7. The van der Waals surface area contributed by atoms with E-state index in [9.17, 15) is 0 Å². The van der Waals surface area contributed by atoms with Gasteiger partial charge in [-0.1, -0.05) is 54.6 Å². The van der Waals surface area contributed by atoms with Crippen molar-refractivity contribution in [2.45, 2.75) is 38.5 Å². The molecular weight excluding hydrogens is 258 g/mol. The van der Waals surface area contributed by atoms with Gasteiger partial charge in [-0.2, -0.15) is 0 Å². The minimum absolute atomic E-state index is 0.230. The van der Waals surface area contributed by atoms with E-state index in [1.807, 2.05) is 0 Å². The number of ether oxygens (including phenoxy) is 1. The number of rotatable bonds is 5. The molecule has 1 heterocycles. The second-order valence-electron chi connectivity index (χ2n) is 5.81. The van der Waals surface area contributed by atoms with E-state index in [0.717, 1.165) is 26.0 Å². The Bertz CT molecular complexity index is 567. The smallest absolute Gasteiger partial charge is 0.0842 e. The summed E-state index contributed by atoms with van der Waals surface area (Å²) in [6.07, 6.45) is 2.29. The molecule has 0 amide bonds. The lowest BCUT2D eigenvalue weighted by Crippen LogP contribution is -2.29. The molecule has 2 unspecified atom stereocenters. The molecule has 2 aromatic carbocycles. The minimum atomic E-state index is 0.230. The molecule has 1 N–H and O–H groups in total. The summed E-state index contributed by atoms with van der Waals surface area (Å²) >= 11 is 0. The Morgan fingerprint density at radius 2 is 1.86 bits per heavy atom. The Hall–Kier alpha value is -1.64. The van der Waals surface area contributed by atoms with E-state index in [-0.39, 0.29) is 6.10 Å². The van der Waals surface area contributed by atoms with Gasteiger partial charge in [-0.3, -0.25) is 0 Å². The monoisotopic (exact) mass is 281 g/mol. The van der Waals surface area contributed by atoms with Crippen LogP contribution in [0.15, 0.2) is 54.6 Å². The lowest BCUT2D eigenvalue weighted by molar-refractivity contribution is 0.0306. The first-order valence-corrected chi connectivity index (χ1v) is 7.79. The van der Waals surface area contributed by atoms with Gasteiger partial charge in [-0.05, 0) is 36.5 Å². The van der Waals surface area contributed by atoms with Crippen LogP contribution in [0.4, 0.5) is 0 Å². The highest BCUT2D eigenvalue weighted by atomic mass is 16.5. The van der Waals surface area contributed by atoms with Crippen molar-refractivity contribution in [1.29, 1.82) is 0 Å². The summed E-state index contributed by atoms with van der Waals surface area (Å²) < 4.78 is 5.99. The average molecular weight is 281 g/mol. The molecule has 110 valence electrons. The molecule has 0 saturated heterocycles. The fourth-order valence-corrected chi connectivity index (χ4v) is 2.96. The van der Waals surface area contributed by atoms with Crippen LogP contribution in [-0.4, -0.2) is 12.6 Å². The van der Waals surface area contributed by atoms with Crippen molar-refractivity contribution in [3.8, 4) is 0 Å². The molecule has 0 bridgehead atoms. The predicted molar refractivity (Wildman–Crippen MR) is 86.2 cm³/mol. The number of nitrogens with one attached hydrogen (secondary N) is 1. The molecule has 2 atom stereocenters. The zero-order valence-electron chi connectivity index (χ0n) is 12.6. The van der Waals surface area contributed by atoms with Gasteiger partial charge in [-0.15, -0.1) is 0 Å². The SMILES string of the molecule is CC(CC1OCCc2ccccc21)NCc1ccccc1. The lowest BCUT2D eigenvalue weighted by Gasteiger charge is -2.28. The van der Waals surface area contributed by atoms with Gasteiger partial charge in [0.2, 0.25) is 0 Å². The van der Waals surface area contributed by atoms with E-state index in [0.29, 0.717) is 6.04 Å². The fourth-order valence-electron chi connectivity index (χ4n) is 2.96. The van der Waals surface area contributed by atoms with Gasteiger partial charge in [0.25, 0.3) is 0 Å². The Morgan fingerprint density at radius 1 is 1.10 bits per heavy atom. The van der Waals surface area contributed by atoms with Crippen molar-refractivity contribution >= 4 is 0 Å². The average Bonchev–Trinajstić information content (AvgIpc) is 2.54. The fraction of sp³-hybridized carbons (Fsp3) is 0.368. The topological polar surface area (TPSA) is 21.3 Å². The number of hydrogen-bond acceptors (Lipinski definition) is 2. The number of benzene rings is 2. The summed E-state index contributed by atoms with van der Waals surface area (Å²) in [7, 11) is 0. The first-order chi connectivity index (χ1) is 10.3. The summed E-state index contributed by atoms with van der Waals surface area (Å²) in [6.45, 7) is 3.99. The van der Waals surface area contributed by atoms with Crippen LogP contribution in [0.5, 0.6) is 0 Å². The van der Waals surface area contributed by atoms with Gasteiger partial charge in [-0.25, -0.2) is 0 Å². The van der Waals surface area contributed by atoms with Crippen LogP contribution in [0, 0.1) is 0 Å². The first kappa shape index (κ1) is 14.3. The van der Waals surface area contributed by atoms with Crippen LogP contribution < -0.4 is 5.32 Å². The quantitative estimate of drug-likeness (QED) is 0.898. The number of fused-ring (bicyclic) bond motifs is 1. The molecule has 0 radical (unpaired) electrons. The van der Waals surface area contributed by atoms with Gasteiger partial charge in [0.1, 0.15) is 0 Å². The summed E-state index contributed by atoms with van der Waals surface area (Å²) in [5, 5.41) is 3.60. The molecule has 1 aliphatic rings. The van der Waals surface area contributed by atoms with E-state index < -0.39 is 0 Å². The van der Waals surface area contributed by atoms with E-state index >= 15 is 0 Å². The zero-order chi connectivity index (χ0) is 14.5. The van der Waals surface area contributed by atoms with E-state index in [2.05, 4.69) is 66.8 Å². The lowest BCUT2D eigenvalue weighted by atomic mass is 9.94. The summed E-state index contributed by atoms with van der Waals surface area (Å²) in [4.78, 5) is 0. The molecule has 2 nitrogen and oxygen atoms in total. The maximum absolute atomic E-state index is 5.99. The van der Waals surface area contributed by atoms with Crippen LogP contribution in [-0.2, 0) is 17.7 Å². The second-order valence-corrected chi connectivity index (χ2v) is 5.81. The molecule has 0 aliphatic carbocycles. The standard InChI is InChI=1S/C19H23NO/c1-15(20-14-16-7-3-2-4-8-16)13-19-18-10-6-5-9-17(18)11-12-21-19/h2-10,15,19-20H,11-14H2,1H3. The number of hydrogen-bond donors (Lipinski definition) is 1. The van der Waals surface area contributed by atoms with Crippen LogP contribution in [0.2, 0.25) is 0 Å². The molecule has 0 fully saturated rings. The van der Waals surface area contributed by atoms with Gasteiger partial charge < -0.3 is 10.1 Å². The minimum Gasteiger partial charge on any atom is -0.373 e. The Kier molecular flexibility index (Phi) is 4.69. The molecule has 1 aliphatic heterocycles. The predicted octanol–water partition coefficient (Wildman–Crippen LogP) is 3.87. The van der Waals surface area contributed by atoms with Crippen molar-refractivity contribution in [3.63, 3.8) is 0 Å². The molecule has 0 saturated carbocycles. The second kappa shape index (κ2) is 6.88. The van der Waals surface area contributed by atoms with E-state index in [1.54, 1.807) is 0 Å². The van der Waals surface area contributed by atoms with Crippen LogP contribution in [0.1, 0.15) is 36.1 Å². The highest BCUT2D eigenvalue weighted by Gasteiger charge is 2.22. The third-order valence-corrected chi connectivity index (χ3v) is 4.16. The molecule has 2 aromatic rings. The highest BCUT2D eigenvalue weighted by molar-refractivity contribution is 5.31. The Balaban J connectivity index is 1.57. The first-order valence-electron chi connectivity index (χ1n) is 7.79.